The van der Waals surface area contributed by atoms with Crippen molar-refractivity contribution in [2.24, 2.45) is 5.92 Å². The van der Waals surface area contributed by atoms with Gasteiger partial charge in [0.1, 0.15) is 10.7 Å². The van der Waals surface area contributed by atoms with E-state index in [-0.39, 0.29) is 12.2 Å². The molecule has 1 aromatic rings. The van der Waals surface area contributed by atoms with Crippen molar-refractivity contribution in [2.45, 2.75) is 17.7 Å². The molecule has 7 heteroatoms. The molecule has 0 atom stereocenters. The summed E-state index contributed by atoms with van der Waals surface area (Å²) in [4.78, 5) is -0.401. The number of benzene rings is 1. The first-order chi connectivity index (χ1) is 9.41. The molecule has 0 heterocycles. The summed E-state index contributed by atoms with van der Waals surface area (Å²) in [5, 5.41) is 0. The largest absolute Gasteiger partial charge is 0.399 e. The Kier molecular flexibility index (Phi) is 4.62. The second-order valence-electron chi connectivity index (χ2n) is 5.03. The zero-order valence-corrected chi connectivity index (χ0v) is 12.2. The van der Waals surface area contributed by atoms with Gasteiger partial charge in [0.15, 0.2) is 0 Å². The SMILES string of the molecule is CN(CCOCC1CC1)S(=O)(=O)c1cc(N)ccc1F. The lowest BCUT2D eigenvalue weighted by atomic mass is 10.3. The molecule has 0 bridgehead atoms. The van der Waals surface area contributed by atoms with Gasteiger partial charge in [-0.2, -0.15) is 4.31 Å². The Labute approximate surface area is 118 Å². The van der Waals surface area contributed by atoms with Crippen LogP contribution in [0.4, 0.5) is 10.1 Å². The summed E-state index contributed by atoms with van der Waals surface area (Å²) in [5.41, 5.74) is 5.72. The Balaban J connectivity index is 1.98. The van der Waals surface area contributed by atoms with E-state index in [0.717, 1.165) is 16.4 Å². The molecule has 112 valence electrons. The number of rotatable bonds is 7. The third-order valence-corrected chi connectivity index (χ3v) is 5.12. The number of nitrogens with two attached hydrogens (primary N) is 1. The maximum absolute atomic E-state index is 13.6. The van der Waals surface area contributed by atoms with Crippen LogP contribution in [-0.4, -0.2) is 39.5 Å². The van der Waals surface area contributed by atoms with Gasteiger partial charge in [-0.3, -0.25) is 0 Å². The van der Waals surface area contributed by atoms with Crippen molar-refractivity contribution in [1.82, 2.24) is 4.31 Å². The van der Waals surface area contributed by atoms with Crippen molar-refractivity contribution in [1.29, 1.82) is 0 Å². The first-order valence-corrected chi connectivity index (χ1v) is 7.94. The zero-order chi connectivity index (χ0) is 14.8. The summed E-state index contributed by atoms with van der Waals surface area (Å²) >= 11 is 0. The monoisotopic (exact) mass is 302 g/mol. The quantitative estimate of drug-likeness (QED) is 0.611. The highest BCUT2D eigenvalue weighted by atomic mass is 32.2. The van der Waals surface area contributed by atoms with Crippen molar-refractivity contribution in [2.75, 3.05) is 32.5 Å². The second-order valence-corrected chi connectivity index (χ2v) is 7.05. The van der Waals surface area contributed by atoms with Crippen LogP contribution in [0, 0.1) is 11.7 Å². The predicted molar refractivity (Wildman–Crippen MR) is 74.2 cm³/mol. The van der Waals surface area contributed by atoms with Gasteiger partial charge in [-0.15, -0.1) is 0 Å². The Morgan fingerprint density at radius 1 is 1.45 bits per heavy atom. The smallest absolute Gasteiger partial charge is 0.245 e. The number of hydrogen-bond acceptors (Lipinski definition) is 4. The molecule has 1 aliphatic rings. The molecule has 0 unspecified atom stereocenters. The van der Waals surface area contributed by atoms with Gasteiger partial charge in [0.25, 0.3) is 0 Å². The van der Waals surface area contributed by atoms with Crippen LogP contribution in [0.1, 0.15) is 12.8 Å². The number of likely N-dealkylation sites (N-methyl/N-ethyl adjacent to an activating group) is 1. The third-order valence-electron chi connectivity index (χ3n) is 3.24. The molecule has 0 aliphatic heterocycles. The third kappa shape index (κ3) is 3.68. The Morgan fingerprint density at radius 3 is 2.80 bits per heavy atom. The van der Waals surface area contributed by atoms with Crippen LogP contribution < -0.4 is 5.73 Å². The Bertz CT molecular complexity index is 573. The van der Waals surface area contributed by atoms with E-state index in [4.69, 9.17) is 10.5 Å². The number of nitrogen functional groups attached to an aromatic ring is 1. The van der Waals surface area contributed by atoms with E-state index in [1.165, 1.54) is 26.0 Å². The number of halogens is 1. The van der Waals surface area contributed by atoms with Crippen LogP contribution in [0.15, 0.2) is 23.1 Å². The average molecular weight is 302 g/mol. The number of sulfonamides is 1. The minimum absolute atomic E-state index is 0.184. The highest BCUT2D eigenvalue weighted by Crippen LogP contribution is 2.28. The summed E-state index contributed by atoms with van der Waals surface area (Å²) in [6, 6.07) is 3.51. The minimum Gasteiger partial charge on any atom is -0.399 e. The van der Waals surface area contributed by atoms with Crippen LogP contribution >= 0.6 is 0 Å². The predicted octanol–water partition coefficient (Wildman–Crippen LogP) is 1.45. The molecule has 20 heavy (non-hydrogen) atoms. The summed E-state index contributed by atoms with van der Waals surface area (Å²) < 4.78 is 44.5. The Hall–Kier alpha value is -1.18. The van der Waals surface area contributed by atoms with E-state index in [1.54, 1.807) is 0 Å². The Morgan fingerprint density at radius 2 is 2.15 bits per heavy atom. The second kappa shape index (κ2) is 6.07. The van der Waals surface area contributed by atoms with Gasteiger partial charge in [0, 0.05) is 25.9 Å². The van der Waals surface area contributed by atoms with Gasteiger partial charge in [0.05, 0.1) is 6.61 Å². The van der Waals surface area contributed by atoms with Crippen molar-refractivity contribution >= 4 is 15.7 Å². The number of anilines is 1. The fourth-order valence-corrected chi connectivity index (χ4v) is 2.98. The normalized spacial score (nSPS) is 15.8. The molecule has 1 aromatic carbocycles. The van der Waals surface area contributed by atoms with Crippen LogP contribution in [0.5, 0.6) is 0 Å². The van der Waals surface area contributed by atoms with Crippen molar-refractivity contribution in [3.05, 3.63) is 24.0 Å². The van der Waals surface area contributed by atoms with Crippen molar-refractivity contribution in [3.8, 4) is 0 Å². The molecule has 0 radical (unpaired) electrons. The van der Waals surface area contributed by atoms with Crippen LogP contribution in [0.25, 0.3) is 0 Å². The van der Waals surface area contributed by atoms with Crippen molar-refractivity contribution in [3.63, 3.8) is 0 Å². The highest BCUT2D eigenvalue weighted by molar-refractivity contribution is 7.89. The van der Waals surface area contributed by atoms with Crippen LogP contribution in [0.2, 0.25) is 0 Å². The standard InChI is InChI=1S/C13H19FN2O3S/c1-16(6-7-19-9-10-2-3-10)20(17,18)13-8-11(15)4-5-12(13)14/h4-5,8,10H,2-3,6-7,9,15H2,1H3. The van der Waals surface area contributed by atoms with E-state index >= 15 is 0 Å². The van der Waals surface area contributed by atoms with Crippen molar-refractivity contribution < 1.29 is 17.5 Å². The van der Waals surface area contributed by atoms with E-state index in [1.807, 2.05) is 0 Å². The maximum Gasteiger partial charge on any atom is 0.245 e. The molecule has 0 saturated heterocycles. The topological polar surface area (TPSA) is 72.6 Å². The minimum atomic E-state index is -3.88. The molecule has 2 rings (SSSR count). The first kappa shape index (κ1) is 15.2. The fraction of sp³-hybridized carbons (Fsp3) is 0.538. The molecule has 0 amide bonds. The van der Waals surface area contributed by atoms with Crippen LogP contribution in [0.3, 0.4) is 0 Å². The van der Waals surface area contributed by atoms with Crippen LogP contribution in [-0.2, 0) is 14.8 Å². The molecule has 1 saturated carbocycles. The lowest BCUT2D eigenvalue weighted by Gasteiger charge is -2.17. The fourth-order valence-electron chi connectivity index (χ4n) is 1.73. The lowest BCUT2D eigenvalue weighted by molar-refractivity contribution is 0.117. The van der Waals surface area contributed by atoms with E-state index < -0.39 is 20.7 Å². The summed E-state index contributed by atoms with van der Waals surface area (Å²) in [6.07, 6.45) is 2.37. The summed E-state index contributed by atoms with van der Waals surface area (Å²) in [6.45, 7) is 1.15. The highest BCUT2D eigenvalue weighted by Gasteiger charge is 2.25. The number of ether oxygens (including phenoxy) is 1. The molecule has 1 fully saturated rings. The summed E-state index contributed by atoms with van der Waals surface area (Å²) in [5.74, 6) is -0.173. The van der Waals surface area contributed by atoms with Gasteiger partial charge in [-0.05, 0) is 37.0 Å². The number of nitrogens with zero attached hydrogens (tertiary/aromatic N) is 1. The van der Waals surface area contributed by atoms with E-state index in [0.29, 0.717) is 19.1 Å². The molecular formula is C13H19FN2O3S. The molecule has 1 aliphatic carbocycles. The average Bonchev–Trinajstić information content (AvgIpc) is 3.21. The maximum atomic E-state index is 13.6. The molecule has 0 spiro atoms. The molecule has 5 nitrogen and oxygen atoms in total. The number of hydrogen-bond donors (Lipinski definition) is 1. The van der Waals surface area contributed by atoms with Gasteiger partial charge < -0.3 is 10.5 Å². The molecule has 0 aromatic heterocycles. The van der Waals surface area contributed by atoms with Gasteiger partial charge in [-0.25, -0.2) is 12.8 Å². The lowest BCUT2D eigenvalue weighted by Crippen LogP contribution is -2.31. The van der Waals surface area contributed by atoms with E-state index in [2.05, 4.69) is 0 Å². The summed E-state index contributed by atoms with van der Waals surface area (Å²) in [7, 11) is -2.48. The van der Waals surface area contributed by atoms with Gasteiger partial charge >= 0.3 is 0 Å². The van der Waals surface area contributed by atoms with Gasteiger partial charge in [-0.1, -0.05) is 0 Å². The molecular weight excluding hydrogens is 283 g/mol. The van der Waals surface area contributed by atoms with E-state index in [9.17, 15) is 12.8 Å². The molecule has 2 N–H and O–H groups in total. The zero-order valence-electron chi connectivity index (χ0n) is 11.4. The first-order valence-electron chi connectivity index (χ1n) is 6.50. The van der Waals surface area contributed by atoms with Gasteiger partial charge in [0.2, 0.25) is 10.0 Å².